The van der Waals surface area contributed by atoms with Crippen LogP contribution in [0.5, 0.6) is 0 Å². The highest BCUT2D eigenvalue weighted by molar-refractivity contribution is 7.09. The van der Waals surface area contributed by atoms with E-state index in [2.05, 4.69) is 10.3 Å². The van der Waals surface area contributed by atoms with E-state index in [0.717, 1.165) is 10.7 Å². The fraction of sp³-hybridized carbons (Fsp3) is 0.250. The molecule has 0 aliphatic carbocycles. The zero-order chi connectivity index (χ0) is 13.3. The molecule has 0 saturated heterocycles. The van der Waals surface area contributed by atoms with E-state index in [1.807, 2.05) is 19.2 Å². The molecule has 1 unspecified atom stereocenters. The summed E-state index contributed by atoms with van der Waals surface area (Å²) in [7, 11) is 0. The molecule has 0 aliphatic rings. The van der Waals surface area contributed by atoms with Gasteiger partial charge in [0, 0.05) is 17.1 Å². The maximum Gasteiger partial charge on any atom is 0.143 e. The van der Waals surface area contributed by atoms with Crippen LogP contribution >= 0.6 is 22.9 Å². The van der Waals surface area contributed by atoms with Gasteiger partial charge in [-0.3, -0.25) is 0 Å². The Labute approximate surface area is 114 Å². The number of rotatable bonds is 3. The minimum Gasteiger partial charge on any atom is -0.397 e. The summed E-state index contributed by atoms with van der Waals surface area (Å²) in [6, 6.07) is 2.70. The number of aromatic nitrogens is 1. The van der Waals surface area contributed by atoms with Gasteiger partial charge in [0.05, 0.1) is 22.4 Å². The third kappa shape index (κ3) is 2.73. The maximum absolute atomic E-state index is 13.2. The Morgan fingerprint density at radius 2 is 2.22 bits per heavy atom. The number of nitrogens with zero attached hydrogens (tertiary/aromatic N) is 1. The van der Waals surface area contributed by atoms with Crippen molar-refractivity contribution in [3.8, 4) is 0 Å². The largest absolute Gasteiger partial charge is 0.397 e. The van der Waals surface area contributed by atoms with Crippen molar-refractivity contribution in [3.63, 3.8) is 0 Å². The Morgan fingerprint density at radius 3 is 2.83 bits per heavy atom. The lowest BCUT2D eigenvalue weighted by atomic mass is 10.2. The van der Waals surface area contributed by atoms with Crippen molar-refractivity contribution in [1.82, 2.24) is 4.98 Å². The molecule has 0 amide bonds. The quantitative estimate of drug-likeness (QED) is 0.838. The third-order valence-corrected chi connectivity index (χ3v) is 3.91. The molecule has 0 saturated carbocycles. The molecule has 6 heteroatoms. The molecule has 0 aliphatic heterocycles. The topological polar surface area (TPSA) is 50.9 Å². The van der Waals surface area contributed by atoms with Crippen molar-refractivity contribution in [2.45, 2.75) is 19.9 Å². The van der Waals surface area contributed by atoms with Crippen molar-refractivity contribution in [2.75, 3.05) is 11.1 Å². The first kappa shape index (κ1) is 13.1. The second-order valence-corrected chi connectivity index (χ2v) is 5.34. The number of nitrogens with one attached hydrogen (secondary N) is 1. The van der Waals surface area contributed by atoms with Crippen LogP contribution in [0.2, 0.25) is 5.02 Å². The summed E-state index contributed by atoms with van der Waals surface area (Å²) in [5, 5.41) is 6.16. The lowest BCUT2D eigenvalue weighted by Gasteiger charge is -2.15. The minimum absolute atomic E-state index is 0.00692. The number of benzene rings is 1. The summed E-state index contributed by atoms with van der Waals surface area (Å²) >= 11 is 7.30. The third-order valence-electron chi connectivity index (χ3n) is 2.47. The van der Waals surface area contributed by atoms with Crippen molar-refractivity contribution in [3.05, 3.63) is 39.1 Å². The molecule has 2 aromatic rings. The molecule has 3 nitrogen and oxygen atoms in total. The van der Waals surface area contributed by atoms with Gasteiger partial charge in [-0.05, 0) is 19.9 Å². The first-order valence-corrected chi connectivity index (χ1v) is 6.66. The molecule has 1 heterocycles. The van der Waals surface area contributed by atoms with E-state index in [1.165, 1.54) is 12.1 Å². The number of aryl methyl sites for hydroxylation is 1. The van der Waals surface area contributed by atoms with E-state index < -0.39 is 5.82 Å². The maximum atomic E-state index is 13.2. The molecular weight excluding hydrogens is 273 g/mol. The zero-order valence-electron chi connectivity index (χ0n) is 10.00. The summed E-state index contributed by atoms with van der Waals surface area (Å²) < 4.78 is 13.2. The van der Waals surface area contributed by atoms with Gasteiger partial charge in [0.2, 0.25) is 0 Å². The van der Waals surface area contributed by atoms with Gasteiger partial charge >= 0.3 is 0 Å². The van der Waals surface area contributed by atoms with E-state index in [-0.39, 0.29) is 11.1 Å². The summed E-state index contributed by atoms with van der Waals surface area (Å²) in [6.45, 7) is 3.91. The Kier molecular flexibility index (Phi) is 3.73. The Bertz CT molecular complexity index is 570. The molecule has 1 aromatic carbocycles. The molecule has 2 rings (SSSR count). The van der Waals surface area contributed by atoms with Crippen LogP contribution in [-0.4, -0.2) is 4.98 Å². The van der Waals surface area contributed by atoms with Crippen molar-refractivity contribution in [1.29, 1.82) is 0 Å². The molecule has 18 heavy (non-hydrogen) atoms. The van der Waals surface area contributed by atoms with Gasteiger partial charge in [-0.1, -0.05) is 11.6 Å². The average Bonchev–Trinajstić information content (AvgIpc) is 2.73. The molecule has 0 bridgehead atoms. The molecular formula is C12H13ClFN3S. The van der Waals surface area contributed by atoms with E-state index >= 15 is 0 Å². The number of hydrogen-bond donors (Lipinski definition) is 2. The Morgan fingerprint density at radius 1 is 1.50 bits per heavy atom. The Balaban J connectivity index is 2.21. The number of anilines is 2. The normalized spacial score (nSPS) is 12.4. The highest BCUT2D eigenvalue weighted by atomic mass is 35.5. The predicted molar refractivity (Wildman–Crippen MR) is 74.7 cm³/mol. The van der Waals surface area contributed by atoms with Crippen molar-refractivity contribution < 1.29 is 4.39 Å². The number of nitrogen functional groups attached to an aromatic ring is 1. The summed E-state index contributed by atoms with van der Waals surface area (Å²) in [4.78, 5) is 4.38. The van der Waals surface area contributed by atoms with Crippen LogP contribution in [0.25, 0.3) is 0 Å². The Hall–Kier alpha value is -1.33. The van der Waals surface area contributed by atoms with E-state index in [9.17, 15) is 4.39 Å². The molecule has 0 fully saturated rings. The van der Waals surface area contributed by atoms with E-state index in [4.69, 9.17) is 17.3 Å². The molecule has 1 aromatic heterocycles. The second-order valence-electron chi connectivity index (χ2n) is 4.05. The van der Waals surface area contributed by atoms with Gasteiger partial charge < -0.3 is 11.1 Å². The molecule has 1 atom stereocenters. The lowest BCUT2D eigenvalue weighted by molar-refractivity contribution is 0.629. The minimum atomic E-state index is -0.516. The van der Waals surface area contributed by atoms with Crippen LogP contribution in [-0.2, 0) is 0 Å². The van der Waals surface area contributed by atoms with Crippen molar-refractivity contribution in [2.24, 2.45) is 0 Å². The van der Waals surface area contributed by atoms with E-state index in [0.29, 0.717) is 11.4 Å². The van der Waals surface area contributed by atoms with Crippen LogP contribution in [0.1, 0.15) is 23.7 Å². The molecule has 96 valence electrons. The lowest BCUT2D eigenvalue weighted by Crippen LogP contribution is -2.08. The second kappa shape index (κ2) is 5.12. The van der Waals surface area contributed by atoms with Gasteiger partial charge in [0.25, 0.3) is 0 Å². The van der Waals surface area contributed by atoms with Crippen LogP contribution in [0.3, 0.4) is 0 Å². The average molecular weight is 286 g/mol. The molecule has 3 N–H and O–H groups in total. The van der Waals surface area contributed by atoms with Gasteiger partial charge in [0.1, 0.15) is 10.8 Å². The fourth-order valence-electron chi connectivity index (χ4n) is 1.55. The van der Waals surface area contributed by atoms with Gasteiger partial charge in [-0.15, -0.1) is 11.3 Å². The summed E-state index contributed by atoms with van der Waals surface area (Å²) in [5.74, 6) is -0.516. The van der Waals surface area contributed by atoms with Crippen molar-refractivity contribution >= 4 is 34.3 Å². The highest BCUT2D eigenvalue weighted by Crippen LogP contribution is 2.30. The first-order valence-electron chi connectivity index (χ1n) is 5.40. The summed E-state index contributed by atoms with van der Waals surface area (Å²) in [5.41, 5.74) is 7.67. The smallest absolute Gasteiger partial charge is 0.143 e. The fourth-order valence-corrected chi connectivity index (χ4v) is 2.52. The van der Waals surface area contributed by atoms with Crippen LogP contribution in [0, 0.1) is 12.7 Å². The van der Waals surface area contributed by atoms with Gasteiger partial charge in [0.15, 0.2) is 0 Å². The van der Waals surface area contributed by atoms with Crippen LogP contribution < -0.4 is 11.1 Å². The number of halogens is 2. The van der Waals surface area contributed by atoms with E-state index in [1.54, 1.807) is 11.3 Å². The highest BCUT2D eigenvalue weighted by Gasteiger charge is 2.12. The SMILES string of the molecule is Cc1csc(C(C)Nc2cc(Cl)c(F)cc2N)n1. The van der Waals surface area contributed by atoms with Crippen LogP contribution in [0.4, 0.5) is 15.8 Å². The molecule has 0 radical (unpaired) electrons. The number of hydrogen-bond acceptors (Lipinski definition) is 4. The van der Waals surface area contributed by atoms with Gasteiger partial charge in [-0.2, -0.15) is 0 Å². The van der Waals surface area contributed by atoms with Crippen LogP contribution in [0.15, 0.2) is 17.5 Å². The molecule has 0 spiro atoms. The predicted octanol–water partition coefficient (Wildman–Crippen LogP) is 4.00. The summed E-state index contributed by atoms with van der Waals surface area (Å²) in [6.07, 6.45) is 0. The number of nitrogens with two attached hydrogens (primary N) is 1. The monoisotopic (exact) mass is 285 g/mol. The standard InChI is InChI=1S/C12H13ClFN3S/c1-6-5-18-12(16-6)7(2)17-11-3-8(13)9(14)4-10(11)15/h3-5,7,17H,15H2,1-2H3. The zero-order valence-corrected chi connectivity index (χ0v) is 11.6. The van der Waals surface area contributed by atoms with Gasteiger partial charge in [-0.25, -0.2) is 9.37 Å². The number of thiazole rings is 1. The first-order chi connectivity index (χ1) is 8.47.